The second-order valence-electron chi connectivity index (χ2n) is 2.81. The molecule has 1 aromatic rings. The summed E-state index contributed by atoms with van der Waals surface area (Å²) in [6.07, 6.45) is 1.71. The number of carboxylic acid groups (broad SMARTS) is 1. The summed E-state index contributed by atoms with van der Waals surface area (Å²) in [4.78, 5) is 14.5. The maximum Gasteiger partial charge on any atom is 0.303 e. The number of rotatable bonds is 4. The van der Waals surface area contributed by atoms with Crippen LogP contribution in [0, 0.1) is 10.9 Å². The van der Waals surface area contributed by atoms with Crippen molar-refractivity contribution in [2.75, 3.05) is 0 Å². The van der Waals surface area contributed by atoms with Crippen molar-refractivity contribution in [1.29, 1.82) is 0 Å². The van der Waals surface area contributed by atoms with E-state index in [1.807, 2.05) is 6.92 Å². The minimum absolute atomic E-state index is 0.226. The highest BCUT2D eigenvalue weighted by Gasteiger charge is 2.03. The molecule has 0 fully saturated rings. The molecule has 3 nitrogen and oxygen atoms in total. The minimum Gasteiger partial charge on any atom is -0.481 e. The first-order chi connectivity index (χ1) is 6.09. The van der Waals surface area contributed by atoms with E-state index in [2.05, 4.69) is 4.98 Å². The summed E-state index contributed by atoms with van der Waals surface area (Å²) < 4.78 is 0.767. The van der Waals surface area contributed by atoms with Gasteiger partial charge in [0.15, 0.2) is 3.95 Å². The number of aryl methyl sites for hydroxylation is 2. The van der Waals surface area contributed by atoms with Crippen molar-refractivity contribution in [2.45, 2.75) is 26.2 Å². The lowest BCUT2D eigenvalue weighted by Crippen LogP contribution is -1.95. The standard InChI is InChI=1S/C8H11NO2S2/c1-5-6(13-8(12)9-5)3-2-4-7(10)11/h2-4H2,1H3,(H,9,12)(H,10,11). The predicted molar refractivity (Wildman–Crippen MR) is 54.8 cm³/mol. The summed E-state index contributed by atoms with van der Waals surface area (Å²) in [5.74, 6) is -0.739. The topological polar surface area (TPSA) is 53.1 Å². The summed E-state index contributed by atoms with van der Waals surface area (Å²) in [6, 6.07) is 0. The predicted octanol–water partition coefficient (Wildman–Crippen LogP) is 2.52. The van der Waals surface area contributed by atoms with Gasteiger partial charge in [0.2, 0.25) is 0 Å². The van der Waals surface area contributed by atoms with Gasteiger partial charge >= 0.3 is 5.97 Å². The zero-order valence-electron chi connectivity index (χ0n) is 7.29. The van der Waals surface area contributed by atoms with Crippen molar-refractivity contribution in [2.24, 2.45) is 0 Å². The van der Waals surface area contributed by atoms with E-state index in [9.17, 15) is 4.79 Å². The van der Waals surface area contributed by atoms with Crippen LogP contribution in [0.3, 0.4) is 0 Å². The molecule has 0 aliphatic carbocycles. The number of hydrogen-bond donors (Lipinski definition) is 2. The zero-order chi connectivity index (χ0) is 9.84. The molecule has 0 atom stereocenters. The molecule has 5 heteroatoms. The van der Waals surface area contributed by atoms with Crippen molar-refractivity contribution < 1.29 is 9.90 Å². The first-order valence-electron chi connectivity index (χ1n) is 4.00. The fourth-order valence-corrected chi connectivity index (χ4v) is 2.41. The molecule has 2 N–H and O–H groups in total. The average Bonchev–Trinajstić information content (AvgIpc) is 2.29. The number of aromatic amines is 1. The van der Waals surface area contributed by atoms with Crippen LogP contribution in [0.1, 0.15) is 23.4 Å². The maximum atomic E-state index is 10.3. The van der Waals surface area contributed by atoms with Gasteiger partial charge in [0.1, 0.15) is 0 Å². The monoisotopic (exact) mass is 217 g/mol. The molecule has 1 aromatic heterocycles. The quantitative estimate of drug-likeness (QED) is 0.762. The van der Waals surface area contributed by atoms with Crippen molar-refractivity contribution in [3.05, 3.63) is 14.5 Å². The van der Waals surface area contributed by atoms with Crippen LogP contribution in [0.2, 0.25) is 0 Å². The average molecular weight is 217 g/mol. The second-order valence-corrected chi connectivity index (χ2v) is 4.58. The molecule has 1 heterocycles. The zero-order valence-corrected chi connectivity index (χ0v) is 8.93. The molecule has 0 saturated carbocycles. The van der Waals surface area contributed by atoms with E-state index in [1.165, 1.54) is 16.2 Å². The fraction of sp³-hybridized carbons (Fsp3) is 0.500. The molecule has 72 valence electrons. The van der Waals surface area contributed by atoms with E-state index >= 15 is 0 Å². The van der Waals surface area contributed by atoms with Gasteiger partial charge in [0, 0.05) is 17.0 Å². The van der Waals surface area contributed by atoms with E-state index < -0.39 is 5.97 Å². The third-order valence-corrected chi connectivity index (χ3v) is 3.11. The van der Waals surface area contributed by atoms with Gasteiger partial charge in [0.05, 0.1) is 0 Å². The Bertz CT molecular complexity index is 353. The van der Waals surface area contributed by atoms with E-state index in [0.717, 1.165) is 16.1 Å². The molecule has 0 aliphatic rings. The number of thiazole rings is 1. The molecule has 0 aliphatic heterocycles. The van der Waals surface area contributed by atoms with Crippen molar-refractivity contribution >= 4 is 29.5 Å². The van der Waals surface area contributed by atoms with Gasteiger partial charge in [-0.1, -0.05) is 0 Å². The molecule has 13 heavy (non-hydrogen) atoms. The number of hydrogen-bond acceptors (Lipinski definition) is 3. The van der Waals surface area contributed by atoms with Gasteiger partial charge in [0.25, 0.3) is 0 Å². The van der Waals surface area contributed by atoms with Gasteiger partial charge < -0.3 is 10.1 Å². The Morgan fingerprint density at radius 2 is 2.38 bits per heavy atom. The Kier molecular flexibility index (Phi) is 3.62. The Hall–Kier alpha value is -0.680. The largest absolute Gasteiger partial charge is 0.481 e. The molecular weight excluding hydrogens is 206 g/mol. The highest BCUT2D eigenvalue weighted by Crippen LogP contribution is 2.16. The number of H-pyrrole nitrogens is 1. The SMILES string of the molecule is Cc1[nH]c(=S)sc1CCCC(=O)O. The molecule has 0 unspecified atom stereocenters. The van der Waals surface area contributed by atoms with Gasteiger partial charge in [-0.2, -0.15) is 0 Å². The molecule has 0 spiro atoms. The third-order valence-electron chi connectivity index (χ3n) is 1.72. The fourth-order valence-electron chi connectivity index (χ4n) is 1.08. The maximum absolute atomic E-state index is 10.3. The van der Waals surface area contributed by atoms with Crippen LogP contribution in [0.25, 0.3) is 0 Å². The summed E-state index contributed by atoms with van der Waals surface area (Å²) in [5.41, 5.74) is 1.07. The van der Waals surface area contributed by atoms with Crippen molar-refractivity contribution in [1.82, 2.24) is 4.98 Å². The van der Waals surface area contributed by atoms with Crippen molar-refractivity contribution in [3.8, 4) is 0 Å². The molecule has 1 rings (SSSR count). The second kappa shape index (κ2) is 4.53. The Morgan fingerprint density at radius 1 is 1.69 bits per heavy atom. The highest BCUT2D eigenvalue weighted by molar-refractivity contribution is 7.73. The molecule has 0 aromatic carbocycles. The number of aromatic nitrogens is 1. The van der Waals surface area contributed by atoms with Gasteiger partial charge in [-0.15, -0.1) is 11.3 Å². The lowest BCUT2D eigenvalue weighted by atomic mass is 10.2. The van der Waals surface area contributed by atoms with Crippen LogP contribution in [0.15, 0.2) is 0 Å². The van der Waals surface area contributed by atoms with E-state index in [-0.39, 0.29) is 6.42 Å². The summed E-state index contributed by atoms with van der Waals surface area (Å²) in [6.45, 7) is 1.96. The number of nitrogens with one attached hydrogen (secondary N) is 1. The lowest BCUT2D eigenvalue weighted by molar-refractivity contribution is -0.137. The van der Waals surface area contributed by atoms with Crippen LogP contribution in [-0.4, -0.2) is 16.1 Å². The molecule has 0 saturated heterocycles. The highest BCUT2D eigenvalue weighted by atomic mass is 32.1. The first-order valence-corrected chi connectivity index (χ1v) is 5.22. The van der Waals surface area contributed by atoms with E-state index in [4.69, 9.17) is 17.3 Å². The van der Waals surface area contributed by atoms with Crippen LogP contribution in [-0.2, 0) is 11.2 Å². The Morgan fingerprint density at radius 3 is 2.85 bits per heavy atom. The smallest absolute Gasteiger partial charge is 0.303 e. The summed E-state index contributed by atoms with van der Waals surface area (Å²) in [7, 11) is 0. The van der Waals surface area contributed by atoms with Gasteiger partial charge in [-0.3, -0.25) is 4.79 Å². The lowest BCUT2D eigenvalue weighted by Gasteiger charge is -1.95. The number of carbonyl (C=O) groups is 1. The molecule has 0 amide bonds. The van der Waals surface area contributed by atoms with E-state index in [1.54, 1.807) is 0 Å². The van der Waals surface area contributed by atoms with Gasteiger partial charge in [-0.25, -0.2) is 0 Å². The van der Waals surface area contributed by atoms with Crippen LogP contribution in [0.4, 0.5) is 0 Å². The van der Waals surface area contributed by atoms with E-state index in [0.29, 0.717) is 6.42 Å². The van der Waals surface area contributed by atoms with Crippen molar-refractivity contribution in [3.63, 3.8) is 0 Å². The molecule has 0 radical (unpaired) electrons. The Labute approximate surface area is 85.4 Å². The first kappa shape index (κ1) is 10.4. The molecular formula is C8H11NO2S2. The third kappa shape index (κ3) is 3.28. The Balaban J connectivity index is 2.50. The number of carboxylic acids is 1. The number of aliphatic carboxylic acids is 1. The van der Waals surface area contributed by atoms with Crippen LogP contribution >= 0.6 is 23.6 Å². The summed E-state index contributed by atoms with van der Waals surface area (Å²) >= 11 is 6.50. The molecule has 0 bridgehead atoms. The van der Waals surface area contributed by atoms with Gasteiger partial charge in [-0.05, 0) is 32.0 Å². The minimum atomic E-state index is -0.739. The van der Waals surface area contributed by atoms with Crippen LogP contribution in [0.5, 0.6) is 0 Å². The summed E-state index contributed by atoms with van der Waals surface area (Å²) in [5, 5.41) is 8.44. The normalized spacial score (nSPS) is 10.2. The van der Waals surface area contributed by atoms with Crippen LogP contribution < -0.4 is 0 Å².